The summed E-state index contributed by atoms with van der Waals surface area (Å²) in [6.07, 6.45) is 1.28. The van der Waals surface area contributed by atoms with Crippen LogP contribution in [0.15, 0.2) is 48.5 Å². The Hall–Kier alpha value is -2.73. The van der Waals surface area contributed by atoms with Gasteiger partial charge in [-0.2, -0.15) is 0 Å². The van der Waals surface area contributed by atoms with Gasteiger partial charge in [0, 0.05) is 22.9 Å². The molecule has 136 valence electrons. The largest absolute Gasteiger partial charge is 0.453 e. The van der Waals surface area contributed by atoms with Gasteiger partial charge in [0.25, 0.3) is 0 Å². The number of carbonyl (C=O) groups excluding carboxylic acids is 2. The van der Waals surface area contributed by atoms with E-state index in [9.17, 15) is 9.59 Å². The van der Waals surface area contributed by atoms with Crippen LogP contribution in [0.1, 0.15) is 24.4 Å². The van der Waals surface area contributed by atoms with Crippen LogP contribution in [0.3, 0.4) is 0 Å². The number of hydrogen-bond acceptors (Lipinski definition) is 3. The Labute approximate surface area is 157 Å². The first kappa shape index (κ1) is 18.1. The molecule has 26 heavy (non-hydrogen) atoms. The maximum absolute atomic E-state index is 12.7. The average Bonchev–Trinajstić information content (AvgIpc) is 3.12. The maximum Gasteiger partial charge on any atom is 0.411 e. The third-order valence-electron chi connectivity index (χ3n) is 4.29. The molecule has 0 aromatic heterocycles. The minimum atomic E-state index is -0.561. The summed E-state index contributed by atoms with van der Waals surface area (Å²) in [4.78, 5) is 25.9. The minimum Gasteiger partial charge on any atom is -0.453 e. The molecule has 1 saturated heterocycles. The van der Waals surface area contributed by atoms with Crippen molar-refractivity contribution in [3.8, 4) is 0 Å². The summed E-state index contributed by atoms with van der Waals surface area (Å²) >= 11 is 6.09. The number of nitrogens with one attached hydrogen (secondary N) is 2. The van der Waals surface area contributed by atoms with Gasteiger partial charge in [0.15, 0.2) is 0 Å². The summed E-state index contributed by atoms with van der Waals surface area (Å²) in [5.74, 6) is 0. The van der Waals surface area contributed by atoms with Gasteiger partial charge in [0.05, 0.1) is 13.2 Å². The van der Waals surface area contributed by atoms with Crippen molar-refractivity contribution in [3.05, 3.63) is 59.1 Å². The lowest BCUT2D eigenvalue weighted by atomic mass is 10.1. The molecule has 0 spiro atoms. The fourth-order valence-corrected chi connectivity index (χ4v) is 3.31. The topological polar surface area (TPSA) is 70.7 Å². The van der Waals surface area contributed by atoms with Crippen molar-refractivity contribution in [1.29, 1.82) is 0 Å². The Morgan fingerprint density at radius 1 is 1.12 bits per heavy atom. The van der Waals surface area contributed by atoms with Gasteiger partial charge in [-0.15, -0.1) is 0 Å². The van der Waals surface area contributed by atoms with Crippen LogP contribution in [0.2, 0.25) is 5.02 Å². The molecule has 1 aliphatic rings. The quantitative estimate of drug-likeness (QED) is 0.804. The molecule has 2 N–H and O–H groups in total. The molecular weight excluding hydrogens is 354 g/mol. The van der Waals surface area contributed by atoms with Gasteiger partial charge < -0.3 is 15.0 Å². The van der Waals surface area contributed by atoms with Crippen LogP contribution < -0.4 is 10.6 Å². The van der Waals surface area contributed by atoms with Crippen molar-refractivity contribution in [1.82, 2.24) is 4.90 Å². The summed E-state index contributed by atoms with van der Waals surface area (Å²) in [5, 5.41) is 6.13. The van der Waals surface area contributed by atoms with Crippen LogP contribution >= 0.6 is 11.6 Å². The fraction of sp³-hybridized carbons (Fsp3) is 0.263. The molecule has 2 aromatic rings. The minimum absolute atomic E-state index is 0.00470. The number of hydrogen-bond donors (Lipinski definition) is 2. The smallest absolute Gasteiger partial charge is 0.411 e. The number of amides is 3. The SMILES string of the molecule is COC(=O)Nc1cccc(NC(=O)N2CCCC2c2cccc(Cl)c2)c1. The number of likely N-dealkylation sites (tertiary alicyclic amines) is 1. The normalized spacial score (nSPS) is 16.2. The molecule has 3 rings (SSSR count). The van der Waals surface area contributed by atoms with Crippen LogP contribution in [0.25, 0.3) is 0 Å². The van der Waals surface area contributed by atoms with Gasteiger partial charge >= 0.3 is 12.1 Å². The second-order valence-corrected chi connectivity index (χ2v) is 6.47. The summed E-state index contributed by atoms with van der Waals surface area (Å²) in [6.45, 7) is 0.684. The van der Waals surface area contributed by atoms with Crippen LogP contribution in [0.5, 0.6) is 0 Å². The first-order valence-corrected chi connectivity index (χ1v) is 8.73. The lowest BCUT2D eigenvalue weighted by molar-refractivity contribution is 0.187. The van der Waals surface area contributed by atoms with Gasteiger partial charge in [-0.25, -0.2) is 9.59 Å². The van der Waals surface area contributed by atoms with E-state index in [-0.39, 0.29) is 12.1 Å². The summed E-state index contributed by atoms with van der Waals surface area (Å²) < 4.78 is 4.57. The highest BCUT2D eigenvalue weighted by Crippen LogP contribution is 2.33. The molecule has 0 bridgehead atoms. The molecule has 1 fully saturated rings. The molecule has 6 nitrogen and oxygen atoms in total. The number of rotatable bonds is 3. The molecule has 1 aliphatic heterocycles. The van der Waals surface area contributed by atoms with E-state index in [1.807, 2.05) is 29.2 Å². The van der Waals surface area contributed by atoms with Crippen molar-refractivity contribution in [2.24, 2.45) is 0 Å². The highest BCUT2D eigenvalue weighted by atomic mass is 35.5. The highest BCUT2D eigenvalue weighted by Gasteiger charge is 2.30. The van der Waals surface area contributed by atoms with Gasteiger partial charge in [-0.3, -0.25) is 5.32 Å². The molecule has 0 aliphatic carbocycles. The number of methoxy groups -OCH3 is 1. The van der Waals surface area contributed by atoms with Crippen molar-refractivity contribution in [2.75, 3.05) is 24.3 Å². The molecule has 1 heterocycles. The average molecular weight is 374 g/mol. The lowest BCUT2D eigenvalue weighted by Crippen LogP contribution is -2.34. The van der Waals surface area contributed by atoms with Crippen molar-refractivity contribution < 1.29 is 14.3 Å². The Morgan fingerprint density at radius 2 is 1.85 bits per heavy atom. The van der Waals surface area contributed by atoms with E-state index >= 15 is 0 Å². The number of anilines is 2. The fourth-order valence-electron chi connectivity index (χ4n) is 3.11. The highest BCUT2D eigenvalue weighted by molar-refractivity contribution is 6.30. The van der Waals surface area contributed by atoms with Crippen molar-refractivity contribution in [2.45, 2.75) is 18.9 Å². The monoisotopic (exact) mass is 373 g/mol. The van der Waals surface area contributed by atoms with Gasteiger partial charge in [-0.1, -0.05) is 29.8 Å². The number of carbonyl (C=O) groups is 2. The second-order valence-electron chi connectivity index (χ2n) is 6.03. The van der Waals surface area contributed by atoms with Gasteiger partial charge in [0.2, 0.25) is 0 Å². The van der Waals surface area contributed by atoms with Crippen LogP contribution in [-0.2, 0) is 4.74 Å². The van der Waals surface area contributed by atoms with Crippen molar-refractivity contribution in [3.63, 3.8) is 0 Å². The summed E-state index contributed by atoms with van der Waals surface area (Å²) in [5.41, 5.74) is 2.18. The van der Waals surface area contributed by atoms with E-state index < -0.39 is 6.09 Å². The second kappa shape index (κ2) is 8.10. The third kappa shape index (κ3) is 4.26. The molecule has 1 atom stereocenters. The summed E-state index contributed by atoms with van der Waals surface area (Å²) in [7, 11) is 1.30. The standard InChI is InChI=1S/C19H20ClN3O3/c1-26-19(25)22-16-8-3-7-15(12-16)21-18(24)23-10-4-9-17(23)13-5-2-6-14(20)11-13/h2-3,5-8,11-12,17H,4,9-10H2,1H3,(H,21,24)(H,22,25). The Kier molecular flexibility index (Phi) is 5.63. The number of halogens is 1. The zero-order chi connectivity index (χ0) is 18.5. The number of nitrogens with zero attached hydrogens (tertiary/aromatic N) is 1. The third-order valence-corrected chi connectivity index (χ3v) is 4.53. The van der Waals surface area contributed by atoms with E-state index in [1.54, 1.807) is 24.3 Å². The zero-order valence-electron chi connectivity index (χ0n) is 14.4. The summed E-state index contributed by atoms with van der Waals surface area (Å²) in [6, 6.07) is 14.4. The predicted molar refractivity (Wildman–Crippen MR) is 102 cm³/mol. The van der Waals surface area contributed by atoms with Crippen LogP contribution in [0.4, 0.5) is 21.0 Å². The molecule has 7 heteroatoms. The Balaban J connectivity index is 1.71. The first-order chi connectivity index (χ1) is 12.6. The Morgan fingerprint density at radius 3 is 2.58 bits per heavy atom. The Bertz CT molecular complexity index is 812. The van der Waals surface area contributed by atoms with E-state index in [0.29, 0.717) is 22.9 Å². The van der Waals surface area contributed by atoms with E-state index in [4.69, 9.17) is 11.6 Å². The lowest BCUT2D eigenvalue weighted by Gasteiger charge is -2.25. The predicted octanol–water partition coefficient (Wildman–Crippen LogP) is 4.89. The molecule has 0 saturated carbocycles. The maximum atomic E-state index is 12.7. The van der Waals surface area contributed by atoms with E-state index in [1.165, 1.54) is 7.11 Å². The van der Waals surface area contributed by atoms with Crippen LogP contribution in [-0.4, -0.2) is 30.7 Å². The molecule has 3 amide bonds. The molecule has 1 unspecified atom stereocenters. The number of benzene rings is 2. The van der Waals surface area contributed by atoms with E-state index in [0.717, 1.165) is 18.4 Å². The molecule has 2 aromatic carbocycles. The molecular formula is C19H20ClN3O3. The van der Waals surface area contributed by atoms with Crippen molar-refractivity contribution >= 4 is 35.1 Å². The van der Waals surface area contributed by atoms with Crippen LogP contribution in [0, 0.1) is 0 Å². The number of urea groups is 1. The van der Waals surface area contributed by atoms with Gasteiger partial charge in [0.1, 0.15) is 0 Å². The van der Waals surface area contributed by atoms with Gasteiger partial charge in [-0.05, 0) is 48.7 Å². The first-order valence-electron chi connectivity index (χ1n) is 8.35. The number of ether oxygens (including phenoxy) is 1. The zero-order valence-corrected chi connectivity index (χ0v) is 15.1. The van der Waals surface area contributed by atoms with E-state index in [2.05, 4.69) is 15.4 Å². The molecule has 0 radical (unpaired) electrons.